The summed E-state index contributed by atoms with van der Waals surface area (Å²) >= 11 is 0. The van der Waals surface area contributed by atoms with Crippen molar-refractivity contribution in [2.24, 2.45) is 0 Å². The Morgan fingerprint density at radius 1 is 1.07 bits per heavy atom. The van der Waals surface area contributed by atoms with Crippen LogP contribution in [-0.4, -0.2) is 87.3 Å². The summed E-state index contributed by atoms with van der Waals surface area (Å²) in [6, 6.07) is 10.9. The number of carbonyl (C=O) groups is 3. The minimum atomic E-state index is -0.510. The van der Waals surface area contributed by atoms with Crippen molar-refractivity contribution >= 4 is 34.2 Å². The molecule has 6 rings (SSSR count). The number of aromatic nitrogens is 4. The van der Waals surface area contributed by atoms with E-state index in [-0.39, 0.29) is 48.4 Å². The summed E-state index contributed by atoms with van der Waals surface area (Å²) in [4.78, 5) is 44.9. The van der Waals surface area contributed by atoms with E-state index in [1.54, 1.807) is 41.2 Å². The van der Waals surface area contributed by atoms with Gasteiger partial charge in [-0.15, -0.1) is 5.10 Å². The van der Waals surface area contributed by atoms with E-state index < -0.39 is 5.82 Å². The van der Waals surface area contributed by atoms with Crippen LogP contribution in [-0.2, 0) is 16.1 Å². The fourth-order valence-electron chi connectivity index (χ4n) is 5.72. The molecule has 2 N–H and O–H groups in total. The molecule has 0 bridgehead atoms. The second-order valence-electron chi connectivity index (χ2n) is 10.6. The lowest BCUT2D eigenvalue weighted by molar-refractivity contribution is -0.131. The number of aryl methyl sites for hydroxylation is 1. The molecular weight excluding hydrogens is 553 g/mol. The minimum Gasteiger partial charge on any atom is -0.496 e. The van der Waals surface area contributed by atoms with Crippen LogP contribution in [0.4, 0.5) is 4.39 Å². The zero-order valence-electron chi connectivity index (χ0n) is 23.8. The first kappa shape index (κ1) is 28.1. The predicted molar refractivity (Wildman–Crippen MR) is 158 cm³/mol. The van der Waals surface area contributed by atoms with E-state index in [2.05, 4.69) is 20.6 Å². The highest BCUT2D eigenvalue weighted by Crippen LogP contribution is 2.40. The summed E-state index contributed by atoms with van der Waals surface area (Å²) in [6.07, 6.45) is 6.69. The van der Waals surface area contributed by atoms with E-state index >= 15 is 4.39 Å². The first-order chi connectivity index (χ1) is 20.9. The Labute approximate surface area is 247 Å². The third-order valence-electron chi connectivity index (χ3n) is 7.91. The average molecular weight is 586 g/mol. The zero-order chi connectivity index (χ0) is 29.9. The van der Waals surface area contributed by atoms with Gasteiger partial charge in [-0.1, -0.05) is 29.5 Å². The van der Waals surface area contributed by atoms with Gasteiger partial charge in [0.05, 0.1) is 31.9 Å². The molecule has 2 aliphatic rings. The zero-order valence-corrected chi connectivity index (χ0v) is 23.8. The molecule has 1 saturated heterocycles. The van der Waals surface area contributed by atoms with Crippen molar-refractivity contribution in [3.63, 3.8) is 0 Å². The Balaban J connectivity index is 1.38. The van der Waals surface area contributed by atoms with E-state index in [1.165, 1.54) is 4.90 Å². The highest BCUT2D eigenvalue weighted by molar-refractivity contribution is 6.05. The number of H-pyrrole nitrogens is 1. The highest BCUT2D eigenvalue weighted by atomic mass is 19.1. The lowest BCUT2D eigenvalue weighted by atomic mass is 9.93. The number of carbonyl (C=O) groups excluding carboxylic acids is 3. The molecule has 0 unspecified atom stereocenters. The summed E-state index contributed by atoms with van der Waals surface area (Å²) < 4.78 is 23.7. The first-order valence-electron chi connectivity index (χ1n) is 14.3. The van der Waals surface area contributed by atoms with E-state index in [9.17, 15) is 14.4 Å². The Kier molecular flexibility index (Phi) is 7.91. The number of nitrogens with one attached hydrogen (secondary N) is 2. The molecule has 0 aliphatic carbocycles. The Morgan fingerprint density at radius 2 is 1.93 bits per heavy atom. The van der Waals surface area contributed by atoms with Crippen molar-refractivity contribution in [3.8, 4) is 16.9 Å². The number of hydrogen-bond acceptors (Lipinski definition) is 6. The van der Waals surface area contributed by atoms with Gasteiger partial charge in [0.1, 0.15) is 11.4 Å². The van der Waals surface area contributed by atoms with Crippen LogP contribution in [0.25, 0.3) is 27.6 Å². The molecular formula is C31H32FN7O4. The second-order valence-corrected chi connectivity index (χ2v) is 10.6. The van der Waals surface area contributed by atoms with Crippen LogP contribution in [0.3, 0.4) is 0 Å². The van der Waals surface area contributed by atoms with Gasteiger partial charge in [-0.25, -0.2) is 4.39 Å². The highest BCUT2D eigenvalue weighted by Gasteiger charge is 2.27. The quantitative estimate of drug-likeness (QED) is 0.343. The molecule has 12 heteroatoms. The Hall–Kier alpha value is -5.00. The van der Waals surface area contributed by atoms with Gasteiger partial charge in [-0.05, 0) is 42.2 Å². The number of rotatable bonds is 7. The summed E-state index contributed by atoms with van der Waals surface area (Å²) in [5.41, 5.74) is 2.82. The number of fused-ring (bicyclic) bond motifs is 1. The monoisotopic (exact) mass is 585 g/mol. The summed E-state index contributed by atoms with van der Waals surface area (Å²) in [5, 5.41) is 11.0. The van der Waals surface area contributed by atoms with Gasteiger partial charge in [0.15, 0.2) is 5.82 Å². The number of halogens is 1. The van der Waals surface area contributed by atoms with Crippen molar-refractivity contribution in [2.45, 2.75) is 25.8 Å². The fraction of sp³-hybridized carbons (Fsp3) is 0.323. The molecule has 2 aliphatic heterocycles. The maximum Gasteiger partial charge on any atom is 0.270 e. The molecule has 2 aromatic heterocycles. The molecule has 43 heavy (non-hydrogen) atoms. The number of methoxy groups -OCH3 is 1. The molecule has 222 valence electrons. The van der Waals surface area contributed by atoms with E-state index in [4.69, 9.17) is 4.74 Å². The van der Waals surface area contributed by atoms with Gasteiger partial charge in [-0.3, -0.25) is 19.1 Å². The number of para-hydroxylation sites is 1. The van der Waals surface area contributed by atoms with E-state index in [1.807, 2.05) is 30.3 Å². The summed E-state index contributed by atoms with van der Waals surface area (Å²) in [6.45, 7) is 2.04. The van der Waals surface area contributed by atoms with Crippen LogP contribution < -0.4 is 10.1 Å². The number of aromatic amines is 1. The molecule has 4 aromatic rings. The lowest BCUT2D eigenvalue weighted by Crippen LogP contribution is -2.37. The molecule has 0 spiro atoms. The molecule has 0 atom stereocenters. The standard InChI is InChI=1S/C31H32FN7O4/c1-43-26-8-3-2-7-21(26)23-16-22(20-6-4-12-37(18-20)28(41)9-14-39-15-11-34-36-39)29(32)30-24(23)17-25(35-30)31(42)38-13-5-10-33-27(40)19-38/h2-3,6-8,11,15-17,35H,4-5,9-10,12-14,18-19H2,1H3,(H,33,40). The molecule has 11 nitrogen and oxygen atoms in total. The van der Waals surface area contributed by atoms with Gasteiger partial charge in [0, 0.05) is 55.3 Å². The smallest absolute Gasteiger partial charge is 0.270 e. The predicted octanol–water partition coefficient (Wildman–Crippen LogP) is 3.24. The normalized spacial score (nSPS) is 15.7. The van der Waals surface area contributed by atoms with Gasteiger partial charge in [0.2, 0.25) is 11.8 Å². The fourth-order valence-corrected chi connectivity index (χ4v) is 5.72. The molecule has 1 fully saturated rings. The van der Waals surface area contributed by atoms with Gasteiger partial charge < -0.3 is 24.8 Å². The molecule has 4 heterocycles. The molecule has 3 amide bonds. The number of nitrogens with zero attached hydrogens (tertiary/aromatic N) is 5. The summed E-state index contributed by atoms with van der Waals surface area (Å²) in [7, 11) is 1.57. The van der Waals surface area contributed by atoms with Gasteiger partial charge in [-0.2, -0.15) is 0 Å². The largest absolute Gasteiger partial charge is 0.496 e. The Bertz CT molecular complexity index is 1710. The van der Waals surface area contributed by atoms with Crippen molar-refractivity contribution in [1.29, 1.82) is 0 Å². The van der Waals surface area contributed by atoms with Crippen LogP contribution >= 0.6 is 0 Å². The number of hydrogen-bond donors (Lipinski definition) is 2. The SMILES string of the molecule is COc1ccccc1-c1cc(C2=CCCN(C(=O)CCn3ccnn3)C2)c(F)c2[nH]c(C(=O)N3CCCNC(=O)C3)cc12. The van der Waals surface area contributed by atoms with Crippen LogP contribution in [0.5, 0.6) is 5.75 Å². The Morgan fingerprint density at radius 3 is 2.74 bits per heavy atom. The van der Waals surface area contributed by atoms with Crippen LogP contribution in [0.15, 0.2) is 54.9 Å². The molecule has 0 radical (unpaired) electrons. The van der Waals surface area contributed by atoms with E-state index in [0.29, 0.717) is 66.9 Å². The average Bonchev–Trinajstić information content (AvgIpc) is 3.67. The third kappa shape index (κ3) is 5.72. The first-order valence-corrected chi connectivity index (χ1v) is 14.3. The maximum absolute atomic E-state index is 16.4. The number of benzene rings is 2. The van der Waals surface area contributed by atoms with Crippen molar-refractivity contribution in [3.05, 3.63) is 71.9 Å². The van der Waals surface area contributed by atoms with Crippen LogP contribution in [0.1, 0.15) is 35.3 Å². The van der Waals surface area contributed by atoms with Crippen molar-refractivity contribution < 1.29 is 23.5 Å². The minimum absolute atomic E-state index is 0.0539. The van der Waals surface area contributed by atoms with Crippen molar-refractivity contribution in [1.82, 2.24) is 35.1 Å². The lowest BCUT2D eigenvalue weighted by Gasteiger charge is -2.28. The summed E-state index contributed by atoms with van der Waals surface area (Å²) in [5.74, 6) is -0.565. The number of amides is 3. The van der Waals surface area contributed by atoms with Crippen LogP contribution in [0.2, 0.25) is 0 Å². The van der Waals surface area contributed by atoms with Gasteiger partial charge >= 0.3 is 0 Å². The van der Waals surface area contributed by atoms with Gasteiger partial charge in [0.25, 0.3) is 5.91 Å². The topological polar surface area (TPSA) is 125 Å². The third-order valence-corrected chi connectivity index (χ3v) is 7.91. The second kappa shape index (κ2) is 12.1. The maximum atomic E-state index is 16.4. The van der Waals surface area contributed by atoms with Crippen LogP contribution in [0, 0.1) is 5.82 Å². The number of ether oxygens (including phenoxy) is 1. The van der Waals surface area contributed by atoms with Crippen molar-refractivity contribution in [2.75, 3.05) is 39.8 Å². The van der Waals surface area contributed by atoms with E-state index in [0.717, 1.165) is 5.56 Å². The molecule has 0 saturated carbocycles. The molecule has 2 aromatic carbocycles.